The van der Waals surface area contributed by atoms with Crippen LogP contribution in [0.25, 0.3) is 0 Å². The first-order valence-corrected chi connectivity index (χ1v) is 8.00. The predicted molar refractivity (Wildman–Crippen MR) is 85.0 cm³/mol. The van der Waals surface area contributed by atoms with Crippen LogP contribution in [0.15, 0.2) is 24.3 Å². The van der Waals surface area contributed by atoms with E-state index in [9.17, 15) is 19.2 Å². The molecule has 1 fully saturated rings. The fourth-order valence-corrected chi connectivity index (χ4v) is 2.06. The van der Waals surface area contributed by atoms with Gasteiger partial charge in [0.2, 0.25) is 5.91 Å². The van der Waals surface area contributed by atoms with Crippen molar-refractivity contribution < 1.29 is 24.0 Å². The Hall–Kier alpha value is -1.97. The summed E-state index contributed by atoms with van der Waals surface area (Å²) in [6, 6.07) is 5.97. The first-order valence-electron chi connectivity index (χ1n) is 6.47. The number of carbonyl (C=O) groups is 4. The number of benzene rings is 1. The van der Waals surface area contributed by atoms with Gasteiger partial charge in [-0.3, -0.25) is 14.4 Å². The van der Waals surface area contributed by atoms with E-state index in [0.29, 0.717) is 15.2 Å². The van der Waals surface area contributed by atoms with Gasteiger partial charge in [0.15, 0.2) is 0 Å². The molecule has 7 nitrogen and oxygen atoms in total. The van der Waals surface area contributed by atoms with Gasteiger partial charge >= 0.3 is 5.97 Å². The van der Waals surface area contributed by atoms with E-state index in [2.05, 4.69) is 5.32 Å². The summed E-state index contributed by atoms with van der Waals surface area (Å²) in [4.78, 5) is 51.2. The van der Waals surface area contributed by atoms with Gasteiger partial charge in [0.25, 0.3) is 11.8 Å². The third-order valence-electron chi connectivity index (χ3n) is 3.03. The van der Waals surface area contributed by atoms with Gasteiger partial charge in [-0.2, -0.15) is 0 Å². The second kappa shape index (κ2) is 6.86. The molecule has 1 heterocycles. The maximum atomic E-state index is 11.9. The number of imide groups is 1. The lowest BCUT2D eigenvalue weighted by atomic mass is 10.1. The molecule has 116 valence electrons. The summed E-state index contributed by atoms with van der Waals surface area (Å²) in [5.41, 5.74) is 0.716. The molecular weight excluding hydrogens is 403 g/mol. The Labute approximate surface area is 140 Å². The molecule has 1 atom stereocenters. The number of amides is 3. The van der Waals surface area contributed by atoms with Crippen molar-refractivity contribution >= 4 is 52.0 Å². The highest BCUT2D eigenvalue weighted by Crippen LogP contribution is 2.20. The molecule has 1 aromatic rings. The summed E-state index contributed by atoms with van der Waals surface area (Å²) in [6.45, 7) is 1.60. The largest absolute Gasteiger partial charge is 0.363 e. The van der Waals surface area contributed by atoms with E-state index in [0.717, 1.165) is 0 Å². The Morgan fingerprint density at radius 3 is 2.45 bits per heavy atom. The third kappa shape index (κ3) is 3.62. The SMILES string of the molecule is CC1CC(=O)N(OC(=O)c2ccc(NC(=O)CI)cc2)C1=O. The number of nitrogens with zero attached hydrogens (tertiary/aromatic N) is 1. The molecule has 1 unspecified atom stereocenters. The van der Waals surface area contributed by atoms with Crippen molar-refractivity contribution in [2.45, 2.75) is 13.3 Å². The lowest BCUT2D eigenvalue weighted by Crippen LogP contribution is -2.33. The normalized spacial score (nSPS) is 17.5. The summed E-state index contributed by atoms with van der Waals surface area (Å²) < 4.78 is 0.318. The molecule has 0 bridgehead atoms. The molecule has 22 heavy (non-hydrogen) atoms. The maximum Gasteiger partial charge on any atom is 0.363 e. The van der Waals surface area contributed by atoms with Crippen LogP contribution in [0.4, 0.5) is 5.69 Å². The van der Waals surface area contributed by atoms with Crippen molar-refractivity contribution in [3.8, 4) is 0 Å². The molecule has 1 aliphatic heterocycles. The fraction of sp³-hybridized carbons (Fsp3) is 0.286. The average Bonchev–Trinajstić information content (AvgIpc) is 2.74. The van der Waals surface area contributed by atoms with Crippen LogP contribution in [-0.4, -0.2) is 33.2 Å². The van der Waals surface area contributed by atoms with Gasteiger partial charge in [-0.1, -0.05) is 29.5 Å². The Kier molecular flexibility index (Phi) is 5.11. The Bertz CT molecular complexity index is 629. The first-order chi connectivity index (χ1) is 10.4. The molecule has 0 saturated carbocycles. The molecule has 0 aliphatic carbocycles. The van der Waals surface area contributed by atoms with Gasteiger partial charge in [0, 0.05) is 18.0 Å². The lowest BCUT2D eigenvalue weighted by molar-refractivity contribution is -0.173. The van der Waals surface area contributed by atoms with E-state index in [1.807, 2.05) is 22.6 Å². The lowest BCUT2D eigenvalue weighted by Gasteiger charge is -2.13. The van der Waals surface area contributed by atoms with Crippen molar-refractivity contribution in [2.24, 2.45) is 5.92 Å². The van der Waals surface area contributed by atoms with E-state index in [4.69, 9.17) is 4.84 Å². The van der Waals surface area contributed by atoms with Crippen LogP contribution in [0.1, 0.15) is 23.7 Å². The van der Waals surface area contributed by atoms with Gasteiger partial charge < -0.3 is 10.2 Å². The standard InChI is InChI=1S/C14H13IN2O5/c1-8-6-12(19)17(13(8)20)22-14(21)9-2-4-10(5-3-9)16-11(18)7-15/h2-5,8H,6-7H2,1H3,(H,16,18). The van der Waals surface area contributed by atoms with Crippen LogP contribution in [0.3, 0.4) is 0 Å². The quantitative estimate of drug-likeness (QED) is 0.457. The number of nitrogens with one attached hydrogen (secondary N) is 1. The maximum absolute atomic E-state index is 11.9. The number of hydrogen-bond donors (Lipinski definition) is 1. The third-order valence-corrected chi connectivity index (χ3v) is 3.72. The monoisotopic (exact) mass is 416 g/mol. The van der Waals surface area contributed by atoms with Gasteiger partial charge in [-0.05, 0) is 24.3 Å². The van der Waals surface area contributed by atoms with Crippen molar-refractivity contribution in [3.05, 3.63) is 29.8 Å². The van der Waals surface area contributed by atoms with Crippen molar-refractivity contribution in [2.75, 3.05) is 9.74 Å². The number of rotatable bonds is 4. The molecule has 1 N–H and O–H groups in total. The number of hydrogen-bond acceptors (Lipinski definition) is 5. The average molecular weight is 416 g/mol. The van der Waals surface area contributed by atoms with Gasteiger partial charge in [0.1, 0.15) is 0 Å². The first kappa shape index (κ1) is 16.4. The second-order valence-electron chi connectivity index (χ2n) is 4.77. The molecule has 0 spiro atoms. The van der Waals surface area contributed by atoms with Gasteiger partial charge in [0.05, 0.1) is 9.99 Å². The number of anilines is 1. The number of hydroxylamine groups is 2. The molecule has 2 rings (SSSR count). The zero-order valence-electron chi connectivity index (χ0n) is 11.7. The zero-order chi connectivity index (χ0) is 16.3. The summed E-state index contributed by atoms with van der Waals surface area (Å²) in [6.07, 6.45) is 0.0351. The van der Waals surface area contributed by atoms with Gasteiger partial charge in [-0.25, -0.2) is 4.79 Å². The minimum Gasteiger partial charge on any atom is -0.325 e. The fourth-order valence-electron chi connectivity index (χ4n) is 1.87. The number of halogens is 1. The smallest absolute Gasteiger partial charge is 0.325 e. The molecule has 8 heteroatoms. The highest BCUT2D eigenvalue weighted by Gasteiger charge is 2.39. The van der Waals surface area contributed by atoms with E-state index < -0.39 is 23.7 Å². The number of carbonyl (C=O) groups excluding carboxylic acids is 4. The Balaban J connectivity index is 2.03. The Morgan fingerprint density at radius 2 is 1.95 bits per heavy atom. The van der Waals surface area contributed by atoms with Crippen LogP contribution in [0, 0.1) is 5.92 Å². The molecule has 1 saturated heterocycles. The van der Waals surface area contributed by atoms with Gasteiger partial charge in [-0.15, -0.1) is 5.06 Å². The van der Waals surface area contributed by atoms with Crippen LogP contribution in [0.2, 0.25) is 0 Å². The predicted octanol–water partition coefficient (Wildman–Crippen LogP) is 1.53. The van der Waals surface area contributed by atoms with Crippen molar-refractivity contribution in [1.29, 1.82) is 0 Å². The molecule has 1 aromatic carbocycles. The Morgan fingerprint density at radius 1 is 1.32 bits per heavy atom. The van der Waals surface area contributed by atoms with Crippen molar-refractivity contribution in [1.82, 2.24) is 5.06 Å². The summed E-state index contributed by atoms with van der Waals surface area (Å²) in [5, 5.41) is 3.15. The molecule has 0 radical (unpaired) electrons. The topological polar surface area (TPSA) is 92.8 Å². The van der Waals surface area contributed by atoms with E-state index in [-0.39, 0.29) is 17.9 Å². The summed E-state index contributed by atoms with van der Waals surface area (Å²) >= 11 is 1.93. The summed E-state index contributed by atoms with van der Waals surface area (Å²) in [7, 11) is 0. The van der Waals surface area contributed by atoms with Crippen LogP contribution in [0.5, 0.6) is 0 Å². The molecule has 3 amide bonds. The zero-order valence-corrected chi connectivity index (χ0v) is 13.8. The molecule has 1 aliphatic rings. The molecular formula is C14H13IN2O5. The number of alkyl halides is 1. The van der Waals surface area contributed by atoms with E-state index in [1.165, 1.54) is 24.3 Å². The van der Waals surface area contributed by atoms with Crippen LogP contribution >= 0.6 is 22.6 Å². The minimum absolute atomic E-state index is 0.0351. The minimum atomic E-state index is -0.803. The molecule has 0 aromatic heterocycles. The van der Waals surface area contributed by atoms with Crippen molar-refractivity contribution in [3.63, 3.8) is 0 Å². The summed E-state index contributed by atoms with van der Waals surface area (Å²) in [5.74, 6) is -2.49. The van der Waals surface area contributed by atoms with Crippen LogP contribution < -0.4 is 5.32 Å². The van der Waals surface area contributed by atoms with E-state index in [1.54, 1.807) is 6.92 Å². The van der Waals surface area contributed by atoms with Crippen LogP contribution in [-0.2, 0) is 19.2 Å². The highest BCUT2D eigenvalue weighted by molar-refractivity contribution is 14.1. The second-order valence-corrected chi connectivity index (χ2v) is 5.53. The van der Waals surface area contributed by atoms with E-state index >= 15 is 0 Å². The highest BCUT2D eigenvalue weighted by atomic mass is 127.